The zero-order valence-electron chi connectivity index (χ0n) is 17.8. The lowest BCUT2D eigenvalue weighted by atomic mass is 9.91. The molecule has 2 rings (SSSR count). The molecule has 7 nitrogen and oxygen atoms in total. The lowest BCUT2D eigenvalue weighted by Gasteiger charge is -2.36. The van der Waals surface area contributed by atoms with Crippen LogP contribution in [0.5, 0.6) is 0 Å². The van der Waals surface area contributed by atoms with E-state index in [9.17, 15) is 18.0 Å². The summed E-state index contributed by atoms with van der Waals surface area (Å²) in [6.07, 6.45) is 2.05. The Balaban J connectivity index is 1.80. The van der Waals surface area contributed by atoms with Crippen molar-refractivity contribution in [1.29, 1.82) is 0 Å². The van der Waals surface area contributed by atoms with Crippen molar-refractivity contribution < 1.29 is 18.0 Å². The molecule has 1 aliphatic heterocycles. The Bertz CT molecular complexity index is 803. The molecule has 8 heteroatoms. The van der Waals surface area contributed by atoms with Gasteiger partial charge in [-0.05, 0) is 38.3 Å². The first-order chi connectivity index (χ1) is 13.5. The van der Waals surface area contributed by atoms with Gasteiger partial charge < -0.3 is 10.2 Å². The predicted octanol–water partition coefficient (Wildman–Crippen LogP) is 2.14. The molecule has 0 unspecified atom stereocenters. The summed E-state index contributed by atoms with van der Waals surface area (Å²) in [7, 11) is -3.54. The third-order valence-electron chi connectivity index (χ3n) is 5.03. The number of sulfonamides is 1. The Morgan fingerprint density at radius 2 is 1.86 bits per heavy atom. The van der Waals surface area contributed by atoms with E-state index in [0.717, 1.165) is 12.8 Å². The molecule has 29 heavy (non-hydrogen) atoms. The molecule has 1 heterocycles. The fourth-order valence-electron chi connectivity index (χ4n) is 3.38. The molecule has 0 saturated carbocycles. The summed E-state index contributed by atoms with van der Waals surface area (Å²) >= 11 is 0. The van der Waals surface area contributed by atoms with Gasteiger partial charge in [-0.2, -0.15) is 0 Å². The first-order valence-corrected chi connectivity index (χ1v) is 11.6. The maximum absolute atomic E-state index is 12.6. The van der Waals surface area contributed by atoms with E-state index in [-0.39, 0.29) is 35.2 Å². The predicted molar refractivity (Wildman–Crippen MR) is 113 cm³/mol. The summed E-state index contributed by atoms with van der Waals surface area (Å²) in [5.41, 5.74) is -0.457. The van der Waals surface area contributed by atoms with Crippen LogP contribution >= 0.6 is 0 Å². The van der Waals surface area contributed by atoms with Crippen molar-refractivity contribution in [2.45, 2.75) is 57.9 Å². The van der Waals surface area contributed by atoms with Crippen LogP contribution in [0.15, 0.2) is 35.2 Å². The lowest BCUT2D eigenvalue weighted by Crippen LogP contribution is -2.50. The Morgan fingerprint density at radius 1 is 1.21 bits per heavy atom. The number of piperidine rings is 1. The van der Waals surface area contributed by atoms with Crippen LogP contribution in [0, 0.1) is 11.3 Å². The summed E-state index contributed by atoms with van der Waals surface area (Å²) < 4.78 is 27.0. The minimum atomic E-state index is -3.54. The van der Waals surface area contributed by atoms with Crippen LogP contribution < -0.4 is 10.0 Å². The van der Waals surface area contributed by atoms with Crippen molar-refractivity contribution in [1.82, 2.24) is 14.9 Å². The number of hydrogen-bond acceptors (Lipinski definition) is 4. The fraction of sp³-hybridized carbons (Fsp3) is 0.619. The van der Waals surface area contributed by atoms with Crippen molar-refractivity contribution in [3.63, 3.8) is 0 Å². The third-order valence-corrected chi connectivity index (χ3v) is 6.51. The minimum absolute atomic E-state index is 0.0679. The number of carbonyl (C=O) groups is 2. The van der Waals surface area contributed by atoms with Gasteiger partial charge in [0.1, 0.15) is 0 Å². The number of likely N-dealkylation sites (tertiary alicyclic amines) is 1. The van der Waals surface area contributed by atoms with Gasteiger partial charge in [0.05, 0.1) is 10.8 Å². The second kappa shape index (κ2) is 9.71. The molecule has 0 aliphatic carbocycles. The molecule has 1 aliphatic rings. The highest BCUT2D eigenvalue weighted by atomic mass is 32.2. The van der Waals surface area contributed by atoms with Gasteiger partial charge in [0, 0.05) is 31.1 Å². The summed E-state index contributed by atoms with van der Waals surface area (Å²) in [6.45, 7) is 8.88. The topological polar surface area (TPSA) is 95.6 Å². The van der Waals surface area contributed by atoms with Gasteiger partial charge in [-0.3, -0.25) is 9.59 Å². The maximum atomic E-state index is 12.6. The molecule has 0 bridgehead atoms. The Labute approximate surface area is 174 Å². The molecule has 2 atom stereocenters. The Kier molecular flexibility index (Phi) is 7.82. The van der Waals surface area contributed by atoms with Crippen LogP contribution in [0.3, 0.4) is 0 Å². The number of carbonyl (C=O) groups excluding carboxylic acids is 2. The molecule has 2 amide bonds. The zero-order chi connectivity index (χ0) is 21.7. The molecule has 1 saturated heterocycles. The molecule has 1 fully saturated rings. The molecule has 0 radical (unpaired) electrons. The van der Waals surface area contributed by atoms with Crippen molar-refractivity contribution in [3.8, 4) is 0 Å². The molecular formula is C21H33N3O4S. The average Bonchev–Trinajstić information content (AvgIpc) is 2.67. The van der Waals surface area contributed by atoms with Crippen LogP contribution in [-0.4, -0.2) is 50.8 Å². The molecule has 1 aromatic carbocycles. The number of benzene rings is 1. The van der Waals surface area contributed by atoms with Gasteiger partial charge in [0.25, 0.3) is 0 Å². The first-order valence-electron chi connectivity index (χ1n) is 10.1. The number of amides is 2. The van der Waals surface area contributed by atoms with Crippen LogP contribution in [0.4, 0.5) is 0 Å². The smallest absolute Gasteiger partial charge is 0.240 e. The zero-order valence-corrected chi connectivity index (χ0v) is 18.6. The highest BCUT2D eigenvalue weighted by Crippen LogP contribution is 2.23. The second-order valence-corrected chi connectivity index (χ2v) is 10.5. The van der Waals surface area contributed by atoms with E-state index in [2.05, 4.69) is 10.0 Å². The summed E-state index contributed by atoms with van der Waals surface area (Å²) in [6, 6.07) is 8.03. The summed E-state index contributed by atoms with van der Waals surface area (Å²) in [5.74, 6) is -0.230. The van der Waals surface area contributed by atoms with E-state index in [0.29, 0.717) is 19.5 Å². The number of hydrogen-bond donors (Lipinski definition) is 2. The van der Waals surface area contributed by atoms with Gasteiger partial charge in [-0.1, -0.05) is 39.0 Å². The largest absolute Gasteiger partial charge is 0.353 e. The summed E-state index contributed by atoms with van der Waals surface area (Å²) in [5, 5.41) is 2.96. The van der Waals surface area contributed by atoms with Gasteiger partial charge >= 0.3 is 0 Å². The molecule has 1 aromatic rings. The Hall–Kier alpha value is -1.93. The monoisotopic (exact) mass is 423 g/mol. The number of nitrogens with one attached hydrogen (secondary N) is 2. The first kappa shape index (κ1) is 23.3. The van der Waals surface area contributed by atoms with Crippen molar-refractivity contribution in [2.24, 2.45) is 11.3 Å². The standard InChI is InChI=1S/C21H33N3O4S/c1-16(12-13-22-29(27,28)18-10-6-5-7-11-18)23-19(25)17-9-8-14-24(15-17)20(26)21(2,3)4/h5-7,10-11,16-17,22H,8-9,12-15H2,1-4H3,(H,23,25)/t16-,17-/m0/s1. The summed E-state index contributed by atoms with van der Waals surface area (Å²) in [4.78, 5) is 27.1. The molecule has 2 N–H and O–H groups in total. The van der Waals surface area contributed by atoms with Gasteiger partial charge in [0.2, 0.25) is 21.8 Å². The van der Waals surface area contributed by atoms with E-state index < -0.39 is 15.4 Å². The maximum Gasteiger partial charge on any atom is 0.240 e. The minimum Gasteiger partial charge on any atom is -0.353 e. The van der Waals surface area contributed by atoms with Crippen molar-refractivity contribution in [3.05, 3.63) is 30.3 Å². The highest BCUT2D eigenvalue weighted by Gasteiger charge is 2.33. The fourth-order valence-corrected chi connectivity index (χ4v) is 4.44. The molecular weight excluding hydrogens is 390 g/mol. The Morgan fingerprint density at radius 3 is 2.48 bits per heavy atom. The van der Waals surface area contributed by atoms with Gasteiger partial charge in [-0.15, -0.1) is 0 Å². The van der Waals surface area contributed by atoms with Crippen LogP contribution in [0.2, 0.25) is 0 Å². The van der Waals surface area contributed by atoms with Gasteiger partial charge in [-0.25, -0.2) is 13.1 Å². The number of nitrogens with zero attached hydrogens (tertiary/aromatic N) is 1. The van der Waals surface area contributed by atoms with E-state index >= 15 is 0 Å². The molecule has 0 aromatic heterocycles. The second-order valence-electron chi connectivity index (χ2n) is 8.75. The number of rotatable bonds is 7. The quantitative estimate of drug-likeness (QED) is 0.702. The van der Waals surface area contributed by atoms with E-state index in [4.69, 9.17) is 0 Å². The van der Waals surface area contributed by atoms with Crippen LogP contribution in [-0.2, 0) is 19.6 Å². The molecule has 162 valence electrons. The van der Waals surface area contributed by atoms with E-state index in [1.54, 1.807) is 35.2 Å². The lowest BCUT2D eigenvalue weighted by molar-refractivity contribution is -0.142. The average molecular weight is 424 g/mol. The van der Waals surface area contributed by atoms with E-state index in [1.165, 1.54) is 0 Å². The SMILES string of the molecule is C[C@@H](CCNS(=O)(=O)c1ccccc1)NC(=O)[C@H]1CCCN(C(=O)C(C)(C)C)C1. The highest BCUT2D eigenvalue weighted by molar-refractivity contribution is 7.89. The van der Waals surface area contributed by atoms with Crippen molar-refractivity contribution >= 4 is 21.8 Å². The normalized spacial score (nSPS) is 18.9. The van der Waals surface area contributed by atoms with Crippen molar-refractivity contribution in [2.75, 3.05) is 19.6 Å². The van der Waals surface area contributed by atoms with Crippen LogP contribution in [0.1, 0.15) is 47.0 Å². The third kappa shape index (κ3) is 6.82. The van der Waals surface area contributed by atoms with Gasteiger partial charge in [0.15, 0.2) is 0 Å². The van der Waals surface area contributed by atoms with E-state index in [1.807, 2.05) is 27.7 Å². The van der Waals surface area contributed by atoms with Crippen LogP contribution in [0.25, 0.3) is 0 Å². The molecule has 0 spiro atoms.